The summed E-state index contributed by atoms with van der Waals surface area (Å²) in [6, 6.07) is 3.66. The molecule has 1 aliphatic rings. The average Bonchev–Trinajstić information content (AvgIpc) is 2.42. The van der Waals surface area contributed by atoms with E-state index >= 15 is 0 Å². The molecule has 0 spiro atoms. The van der Waals surface area contributed by atoms with Gasteiger partial charge in [0.1, 0.15) is 5.54 Å². The number of hydrogen-bond acceptors (Lipinski definition) is 4. The average molecular weight is 296 g/mol. The third-order valence-electron chi connectivity index (χ3n) is 4.44. The van der Waals surface area contributed by atoms with E-state index in [2.05, 4.69) is 5.32 Å². The van der Waals surface area contributed by atoms with Gasteiger partial charge in [-0.2, -0.15) is 0 Å². The molecule has 2 rings (SSSR count). The van der Waals surface area contributed by atoms with Crippen LogP contribution < -0.4 is 11.1 Å². The highest BCUT2D eigenvalue weighted by atomic mass is 19.1. The van der Waals surface area contributed by atoms with Crippen molar-refractivity contribution in [2.45, 2.75) is 38.8 Å². The number of phenols is 1. The smallest absolute Gasteiger partial charge is 0.245 e. The number of aromatic hydroxyl groups is 1. The lowest BCUT2D eigenvalue weighted by Gasteiger charge is -2.57. The summed E-state index contributed by atoms with van der Waals surface area (Å²) in [6.45, 7) is 6.22. The third-order valence-corrected chi connectivity index (χ3v) is 4.44. The highest BCUT2D eigenvalue weighted by molar-refractivity contribution is 5.99. The second-order valence-electron chi connectivity index (χ2n) is 5.96. The maximum atomic E-state index is 13.3. The Bertz CT molecular complexity index is 562. The Balaban J connectivity index is 2.12. The van der Waals surface area contributed by atoms with Crippen LogP contribution >= 0.6 is 0 Å². The zero-order valence-corrected chi connectivity index (χ0v) is 12.4. The summed E-state index contributed by atoms with van der Waals surface area (Å²) in [6.07, 6.45) is 0.343. The fourth-order valence-corrected chi connectivity index (χ4v) is 2.65. The minimum atomic E-state index is -1.07. The molecule has 21 heavy (non-hydrogen) atoms. The minimum absolute atomic E-state index is 0.0743. The van der Waals surface area contributed by atoms with E-state index in [1.807, 2.05) is 20.8 Å². The molecule has 1 fully saturated rings. The molecule has 0 saturated heterocycles. The van der Waals surface area contributed by atoms with E-state index in [9.17, 15) is 9.18 Å². The number of rotatable bonds is 4. The largest absolute Gasteiger partial charge is 0.505 e. The van der Waals surface area contributed by atoms with Crippen molar-refractivity contribution in [1.82, 2.24) is 0 Å². The van der Waals surface area contributed by atoms with Gasteiger partial charge in [-0.15, -0.1) is 0 Å². The van der Waals surface area contributed by atoms with E-state index in [1.165, 1.54) is 12.1 Å². The monoisotopic (exact) mass is 296 g/mol. The molecular weight excluding hydrogens is 275 g/mol. The molecular formula is C15H21FN2O3. The number of hydrogen-bond donors (Lipinski definition) is 3. The summed E-state index contributed by atoms with van der Waals surface area (Å²) in [5.74, 6) is -1.64. The molecule has 0 aliphatic heterocycles. The molecule has 2 atom stereocenters. The highest BCUT2D eigenvalue weighted by Gasteiger charge is 2.62. The van der Waals surface area contributed by atoms with E-state index in [-0.39, 0.29) is 17.7 Å². The lowest BCUT2D eigenvalue weighted by atomic mass is 9.54. The van der Waals surface area contributed by atoms with E-state index in [0.717, 1.165) is 6.07 Å². The van der Waals surface area contributed by atoms with Gasteiger partial charge in [0.05, 0.1) is 6.10 Å². The van der Waals surface area contributed by atoms with Crippen molar-refractivity contribution in [3.8, 4) is 5.75 Å². The maximum Gasteiger partial charge on any atom is 0.245 e. The molecule has 0 heterocycles. The molecule has 1 aliphatic carbocycles. The van der Waals surface area contributed by atoms with Crippen molar-refractivity contribution in [2.75, 3.05) is 11.9 Å². The molecule has 1 amide bonds. The van der Waals surface area contributed by atoms with Gasteiger partial charge < -0.3 is 20.9 Å². The van der Waals surface area contributed by atoms with Crippen LogP contribution in [0.25, 0.3) is 0 Å². The van der Waals surface area contributed by atoms with Gasteiger partial charge in [-0.3, -0.25) is 4.79 Å². The summed E-state index contributed by atoms with van der Waals surface area (Å²) in [4.78, 5) is 12.4. The van der Waals surface area contributed by atoms with Crippen LogP contribution in [0.15, 0.2) is 18.2 Å². The summed E-state index contributed by atoms with van der Waals surface area (Å²) >= 11 is 0. The van der Waals surface area contributed by atoms with Gasteiger partial charge in [-0.1, -0.05) is 13.8 Å². The first-order valence-electron chi connectivity index (χ1n) is 6.93. The summed E-state index contributed by atoms with van der Waals surface area (Å²) in [5.41, 5.74) is 4.91. The molecule has 4 N–H and O–H groups in total. The SMILES string of the molecule is CCOC1CC(N)(C(=O)Nc2ccc(O)c(F)c2)C1(C)C. The molecule has 6 heteroatoms. The van der Waals surface area contributed by atoms with E-state index < -0.39 is 22.5 Å². The first-order valence-corrected chi connectivity index (χ1v) is 6.93. The van der Waals surface area contributed by atoms with Crippen LogP contribution in [0.4, 0.5) is 10.1 Å². The quantitative estimate of drug-likeness (QED) is 0.742. The van der Waals surface area contributed by atoms with Gasteiger partial charge in [0.25, 0.3) is 0 Å². The second kappa shape index (κ2) is 5.27. The Labute approximate surface area is 123 Å². The number of ether oxygens (including phenoxy) is 1. The number of nitrogens with two attached hydrogens (primary N) is 1. The Morgan fingerprint density at radius 3 is 2.76 bits per heavy atom. The standard InChI is InChI=1S/C15H21FN2O3/c1-4-21-12-8-15(17,14(12,2)3)13(20)18-9-5-6-11(19)10(16)7-9/h5-7,12,19H,4,8,17H2,1-3H3,(H,18,20). The van der Waals surface area contributed by atoms with Crippen LogP contribution in [0.1, 0.15) is 27.2 Å². The van der Waals surface area contributed by atoms with Gasteiger partial charge >= 0.3 is 0 Å². The normalized spacial score (nSPS) is 27.0. The van der Waals surface area contributed by atoms with E-state index in [4.69, 9.17) is 15.6 Å². The molecule has 116 valence electrons. The van der Waals surface area contributed by atoms with Crippen LogP contribution in [-0.2, 0) is 9.53 Å². The van der Waals surface area contributed by atoms with Crippen molar-refractivity contribution < 1.29 is 19.0 Å². The van der Waals surface area contributed by atoms with E-state index in [1.54, 1.807) is 0 Å². The van der Waals surface area contributed by atoms with Gasteiger partial charge in [-0.05, 0) is 19.1 Å². The number of carbonyl (C=O) groups excluding carboxylic acids is 1. The van der Waals surface area contributed by atoms with Gasteiger partial charge in [0.2, 0.25) is 5.91 Å². The fourth-order valence-electron chi connectivity index (χ4n) is 2.65. The number of halogens is 1. The number of carbonyl (C=O) groups is 1. The molecule has 0 aromatic heterocycles. The number of anilines is 1. The van der Waals surface area contributed by atoms with E-state index in [0.29, 0.717) is 13.0 Å². The topological polar surface area (TPSA) is 84.6 Å². The molecule has 1 saturated carbocycles. The Morgan fingerprint density at radius 2 is 2.24 bits per heavy atom. The summed E-state index contributed by atoms with van der Waals surface area (Å²) < 4.78 is 18.9. The summed E-state index contributed by atoms with van der Waals surface area (Å²) in [5, 5.41) is 11.7. The van der Waals surface area contributed by atoms with Crippen LogP contribution in [0.3, 0.4) is 0 Å². The van der Waals surface area contributed by atoms with Crippen LogP contribution in [0, 0.1) is 11.2 Å². The molecule has 1 aromatic carbocycles. The highest BCUT2D eigenvalue weighted by Crippen LogP contribution is 2.50. The number of benzene rings is 1. The zero-order valence-electron chi connectivity index (χ0n) is 12.4. The molecule has 0 radical (unpaired) electrons. The van der Waals surface area contributed by atoms with Crippen molar-refractivity contribution in [1.29, 1.82) is 0 Å². The number of amides is 1. The zero-order chi connectivity index (χ0) is 15.8. The first-order chi connectivity index (χ1) is 9.72. The Hall–Kier alpha value is -1.66. The first kappa shape index (κ1) is 15.7. The van der Waals surface area contributed by atoms with Crippen molar-refractivity contribution in [2.24, 2.45) is 11.1 Å². The Kier molecular flexibility index (Phi) is 3.95. The third kappa shape index (κ3) is 2.49. The molecule has 5 nitrogen and oxygen atoms in total. The molecule has 2 unspecified atom stereocenters. The Morgan fingerprint density at radius 1 is 1.57 bits per heavy atom. The van der Waals surface area contributed by atoms with Crippen molar-refractivity contribution >= 4 is 11.6 Å². The van der Waals surface area contributed by atoms with Gasteiger partial charge in [-0.25, -0.2) is 4.39 Å². The minimum Gasteiger partial charge on any atom is -0.505 e. The number of nitrogens with one attached hydrogen (secondary N) is 1. The number of phenolic OH excluding ortho intramolecular Hbond substituents is 1. The fraction of sp³-hybridized carbons (Fsp3) is 0.533. The molecule has 1 aromatic rings. The predicted octanol–water partition coefficient (Wildman–Crippen LogP) is 2.00. The predicted molar refractivity (Wildman–Crippen MR) is 77.4 cm³/mol. The maximum absolute atomic E-state index is 13.3. The molecule has 0 bridgehead atoms. The van der Waals surface area contributed by atoms with Crippen molar-refractivity contribution in [3.63, 3.8) is 0 Å². The summed E-state index contributed by atoms with van der Waals surface area (Å²) in [7, 11) is 0. The van der Waals surface area contributed by atoms with Crippen LogP contribution in [-0.4, -0.2) is 29.3 Å². The van der Waals surface area contributed by atoms with Crippen LogP contribution in [0.5, 0.6) is 5.75 Å². The van der Waals surface area contributed by atoms with Gasteiger partial charge in [0, 0.05) is 30.2 Å². The second-order valence-corrected chi connectivity index (χ2v) is 5.96. The van der Waals surface area contributed by atoms with Gasteiger partial charge in [0.15, 0.2) is 11.6 Å². The lowest BCUT2D eigenvalue weighted by molar-refractivity contribution is -0.166. The van der Waals surface area contributed by atoms with Crippen LogP contribution in [0.2, 0.25) is 0 Å². The van der Waals surface area contributed by atoms with Crippen molar-refractivity contribution in [3.05, 3.63) is 24.0 Å². The lowest BCUT2D eigenvalue weighted by Crippen LogP contribution is -2.74.